The van der Waals surface area contributed by atoms with E-state index in [0.29, 0.717) is 17.0 Å². The number of anilines is 2. The molecule has 0 atom stereocenters. The molecule has 0 fully saturated rings. The van der Waals surface area contributed by atoms with Crippen molar-refractivity contribution in [1.82, 2.24) is 5.32 Å². The third-order valence-electron chi connectivity index (χ3n) is 4.40. The van der Waals surface area contributed by atoms with Gasteiger partial charge in [-0.05, 0) is 60.7 Å². The highest BCUT2D eigenvalue weighted by atomic mass is 32.1. The number of hydrogen-bond acceptors (Lipinski definition) is 4. The van der Waals surface area contributed by atoms with Crippen molar-refractivity contribution in [3.63, 3.8) is 0 Å². The third kappa shape index (κ3) is 4.76. The maximum Gasteiger partial charge on any atom is 0.291 e. The minimum atomic E-state index is -0.648. The predicted molar refractivity (Wildman–Crippen MR) is 121 cm³/mol. The van der Waals surface area contributed by atoms with Crippen molar-refractivity contribution in [3.8, 4) is 0 Å². The number of amides is 2. The first-order valence-electron chi connectivity index (χ1n) is 9.26. The van der Waals surface area contributed by atoms with Crippen molar-refractivity contribution in [2.45, 2.75) is 0 Å². The maximum absolute atomic E-state index is 13.7. The monoisotopic (exact) mass is 433 g/mol. The fraction of sp³-hybridized carbons (Fsp3) is 0. The number of halogens is 1. The largest absolute Gasteiger partial charge is 0.451 e. The second-order valence-corrected chi connectivity index (χ2v) is 6.98. The van der Waals surface area contributed by atoms with Gasteiger partial charge in [0.15, 0.2) is 10.9 Å². The molecule has 0 bridgehead atoms. The summed E-state index contributed by atoms with van der Waals surface area (Å²) in [5, 5.41) is 8.88. The number of para-hydroxylation sites is 1. The summed E-state index contributed by atoms with van der Waals surface area (Å²) in [7, 11) is 0. The lowest BCUT2D eigenvalue weighted by atomic mass is 10.2. The molecule has 2 amide bonds. The van der Waals surface area contributed by atoms with Gasteiger partial charge in [-0.2, -0.15) is 0 Å². The number of carbonyl (C=O) groups is 2. The number of rotatable bonds is 4. The molecule has 0 aliphatic carbocycles. The Labute approximate surface area is 182 Å². The molecule has 4 aromatic rings. The number of fused-ring (bicyclic) bond motifs is 1. The summed E-state index contributed by atoms with van der Waals surface area (Å²) >= 11 is 5.11. The van der Waals surface area contributed by atoms with Crippen LogP contribution in [0, 0.1) is 5.82 Å². The fourth-order valence-electron chi connectivity index (χ4n) is 2.90. The molecule has 0 radical (unpaired) electrons. The van der Waals surface area contributed by atoms with Crippen LogP contribution < -0.4 is 16.0 Å². The van der Waals surface area contributed by atoms with Crippen LogP contribution in [0.15, 0.2) is 83.3 Å². The van der Waals surface area contributed by atoms with Crippen molar-refractivity contribution in [1.29, 1.82) is 0 Å². The zero-order chi connectivity index (χ0) is 21.8. The van der Waals surface area contributed by atoms with Crippen LogP contribution in [-0.2, 0) is 0 Å². The molecule has 0 aliphatic heterocycles. The molecule has 0 saturated carbocycles. The van der Waals surface area contributed by atoms with Gasteiger partial charge in [-0.15, -0.1) is 0 Å². The summed E-state index contributed by atoms with van der Waals surface area (Å²) < 4.78 is 19.2. The van der Waals surface area contributed by atoms with Crippen LogP contribution in [0.3, 0.4) is 0 Å². The van der Waals surface area contributed by atoms with E-state index in [1.54, 1.807) is 42.5 Å². The summed E-state index contributed by atoms with van der Waals surface area (Å²) in [5.41, 5.74) is 1.67. The van der Waals surface area contributed by atoms with E-state index in [2.05, 4.69) is 16.0 Å². The van der Waals surface area contributed by atoms with Crippen LogP contribution >= 0.6 is 12.2 Å². The van der Waals surface area contributed by atoms with Crippen LogP contribution in [0.1, 0.15) is 20.9 Å². The van der Waals surface area contributed by atoms with Gasteiger partial charge < -0.3 is 15.1 Å². The van der Waals surface area contributed by atoms with Gasteiger partial charge >= 0.3 is 0 Å². The molecule has 1 aromatic heterocycles. The summed E-state index contributed by atoms with van der Waals surface area (Å²) in [5.74, 6) is -1.44. The lowest BCUT2D eigenvalue weighted by Crippen LogP contribution is -2.34. The Balaban J connectivity index is 1.35. The minimum Gasteiger partial charge on any atom is -0.451 e. The quantitative estimate of drug-likeness (QED) is 0.397. The Hall–Kier alpha value is -4.04. The van der Waals surface area contributed by atoms with Gasteiger partial charge in [0.05, 0.1) is 5.56 Å². The maximum atomic E-state index is 13.7. The number of nitrogens with one attached hydrogen (secondary N) is 3. The highest BCUT2D eigenvalue weighted by molar-refractivity contribution is 7.80. The van der Waals surface area contributed by atoms with Crippen LogP contribution in [0.5, 0.6) is 0 Å². The van der Waals surface area contributed by atoms with Crippen molar-refractivity contribution in [2.75, 3.05) is 10.6 Å². The molecular weight excluding hydrogens is 417 g/mol. The lowest BCUT2D eigenvalue weighted by Gasteiger charge is -2.11. The first-order chi connectivity index (χ1) is 15.0. The van der Waals surface area contributed by atoms with E-state index >= 15 is 0 Å². The molecule has 0 unspecified atom stereocenters. The van der Waals surface area contributed by atoms with Gasteiger partial charge in [-0.1, -0.05) is 30.3 Å². The molecule has 3 aromatic carbocycles. The Morgan fingerprint density at radius 1 is 0.806 bits per heavy atom. The second kappa shape index (κ2) is 8.76. The van der Waals surface area contributed by atoms with E-state index in [1.165, 1.54) is 18.2 Å². The first kappa shape index (κ1) is 20.2. The number of benzene rings is 3. The standard InChI is InChI=1S/C23H16FN3O3S/c24-18-7-3-2-6-17(18)21(28)27-23(31)26-16-11-9-15(10-12-16)25-22(29)20-13-14-5-1-4-8-19(14)30-20/h1-13H,(H,25,29)(H2,26,27,28,31). The van der Waals surface area contributed by atoms with E-state index in [4.69, 9.17) is 16.6 Å². The van der Waals surface area contributed by atoms with Gasteiger partial charge in [-0.25, -0.2) is 4.39 Å². The molecule has 6 nitrogen and oxygen atoms in total. The fourth-order valence-corrected chi connectivity index (χ4v) is 3.11. The van der Waals surface area contributed by atoms with Crippen molar-refractivity contribution in [3.05, 3.63) is 96.0 Å². The van der Waals surface area contributed by atoms with Gasteiger partial charge in [-0.3, -0.25) is 14.9 Å². The Kier molecular flexibility index (Phi) is 5.72. The summed E-state index contributed by atoms with van der Waals surface area (Å²) in [6.07, 6.45) is 0. The Bertz CT molecular complexity index is 1250. The van der Waals surface area contributed by atoms with Crippen molar-refractivity contribution < 1.29 is 18.4 Å². The molecule has 0 aliphatic rings. The highest BCUT2D eigenvalue weighted by Crippen LogP contribution is 2.20. The van der Waals surface area contributed by atoms with Crippen LogP contribution in [0.2, 0.25) is 0 Å². The molecule has 154 valence electrons. The Morgan fingerprint density at radius 3 is 2.16 bits per heavy atom. The minimum absolute atomic E-state index is 0.0207. The van der Waals surface area contributed by atoms with E-state index in [0.717, 1.165) is 5.39 Å². The van der Waals surface area contributed by atoms with Crippen LogP contribution in [0.25, 0.3) is 11.0 Å². The van der Waals surface area contributed by atoms with Gasteiger partial charge in [0.2, 0.25) is 0 Å². The number of hydrogen-bond donors (Lipinski definition) is 3. The molecule has 3 N–H and O–H groups in total. The van der Waals surface area contributed by atoms with Gasteiger partial charge in [0.25, 0.3) is 11.8 Å². The zero-order valence-corrected chi connectivity index (χ0v) is 16.8. The normalized spacial score (nSPS) is 10.5. The highest BCUT2D eigenvalue weighted by Gasteiger charge is 2.14. The van der Waals surface area contributed by atoms with E-state index in [9.17, 15) is 14.0 Å². The van der Waals surface area contributed by atoms with E-state index < -0.39 is 11.7 Å². The first-order valence-corrected chi connectivity index (χ1v) is 9.67. The second-order valence-electron chi connectivity index (χ2n) is 6.57. The topological polar surface area (TPSA) is 83.4 Å². The van der Waals surface area contributed by atoms with Crippen LogP contribution in [0.4, 0.5) is 15.8 Å². The lowest BCUT2D eigenvalue weighted by molar-refractivity contribution is 0.0971. The summed E-state index contributed by atoms with van der Waals surface area (Å²) in [6.45, 7) is 0. The molecule has 1 heterocycles. The predicted octanol–water partition coefficient (Wildman–Crippen LogP) is 4.95. The molecule has 8 heteroatoms. The smallest absolute Gasteiger partial charge is 0.291 e. The summed E-state index contributed by atoms with van der Waals surface area (Å²) in [4.78, 5) is 24.5. The number of thiocarbonyl (C=S) groups is 1. The molecule has 0 spiro atoms. The third-order valence-corrected chi connectivity index (χ3v) is 4.60. The number of carbonyl (C=O) groups excluding carboxylic acids is 2. The molecule has 0 saturated heterocycles. The Morgan fingerprint density at radius 2 is 1.45 bits per heavy atom. The van der Waals surface area contributed by atoms with Gasteiger partial charge in [0, 0.05) is 16.8 Å². The molecule has 31 heavy (non-hydrogen) atoms. The molecule has 4 rings (SSSR count). The average Bonchev–Trinajstić information content (AvgIpc) is 3.20. The van der Waals surface area contributed by atoms with Crippen molar-refractivity contribution >= 4 is 51.5 Å². The zero-order valence-electron chi connectivity index (χ0n) is 16.0. The SMILES string of the molecule is O=C(Nc1ccc(NC(=S)NC(=O)c2ccccc2F)cc1)c1cc2ccccc2o1. The molecular formula is C23H16FN3O3S. The average molecular weight is 433 g/mol. The van der Waals surface area contributed by atoms with E-state index in [-0.39, 0.29) is 22.3 Å². The summed E-state index contributed by atoms with van der Waals surface area (Å²) in [6, 6.07) is 21.4. The number of furan rings is 1. The van der Waals surface area contributed by atoms with Gasteiger partial charge in [0.1, 0.15) is 11.4 Å². The van der Waals surface area contributed by atoms with Crippen LogP contribution in [-0.4, -0.2) is 16.9 Å². The van der Waals surface area contributed by atoms with E-state index in [1.807, 2.05) is 18.2 Å². The van der Waals surface area contributed by atoms with Crippen molar-refractivity contribution in [2.24, 2.45) is 0 Å².